The molecule has 6 nitrogen and oxygen atoms in total. The number of nitrogen functional groups attached to an aromatic ring is 1. The van der Waals surface area contributed by atoms with Crippen LogP contribution in [0.25, 0.3) is 0 Å². The van der Waals surface area contributed by atoms with Gasteiger partial charge in [-0.25, -0.2) is 4.79 Å². The van der Waals surface area contributed by atoms with Gasteiger partial charge in [-0.3, -0.25) is 4.79 Å². The van der Waals surface area contributed by atoms with Crippen LogP contribution in [-0.2, 0) is 4.79 Å². The lowest BCUT2D eigenvalue weighted by Crippen LogP contribution is -2.51. The first kappa shape index (κ1) is 12.8. The maximum Gasteiger partial charge on any atom is 0.335 e. The molecule has 2 aliphatic heterocycles. The maximum atomic E-state index is 11.7. The van der Waals surface area contributed by atoms with E-state index in [0.717, 1.165) is 25.2 Å². The van der Waals surface area contributed by atoms with Gasteiger partial charge >= 0.3 is 5.97 Å². The number of nitrogens with zero attached hydrogens (tertiary/aromatic N) is 2. The zero-order valence-corrected chi connectivity index (χ0v) is 11.1. The Labute approximate surface area is 116 Å². The Kier molecular flexibility index (Phi) is 3.00. The van der Waals surface area contributed by atoms with Crippen molar-refractivity contribution in [3.63, 3.8) is 0 Å². The van der Waals surface area contributed by atoms with Gasteiger partial charge in [0.1, 0.15) is 0 Å². The lowest BCUT2D eigenvalue weighted by molar-refractivity contribution is -0.129. The van der Waals surface area contributed by atoms with E-state index in [2.05, 4.69) is 4.90 Å². The van der Waals surface area contributed by atoms with Crippen molar-refractivity contribution in [3.8, 4) is 0 Å². The molecule has 2 fully saturated rings. The fraction of sp³-hybridized carbons (Fsp3) is 0.429. The fourth-order valence-electron chi connectivity index (χ4n) is 3.06. The van der Waals surface area contributed by atoms with E-state index >= 15 is 0 Å². The highest BCUT2D eigenvalue weighted by atomic mass is 16.4. The molecule has 1 unspecified atom stereocenters. The van der Waals surface area contributed by atoms with Crippen LogP contribution in [0.1, 0.15) is 23.2 Å². The number of hydrogen-bond donors (Lipinski definition) is 2. The molecule has 3 N–H and O–H groups in total. The minimum atomic E-state index is -0.977. The van der Waals surface area contributed by atoms with Gasteiger partial charge in [0.15, 0.2) is 0 Å². The zero-order chi connectivity index (χ0) is 14.3. The minimum absolute atomic E-state index is 0.195. The first-order chi connectivity index (χ1) is 9.56. The molecule has 1 aromatic carbocycles. The van der Waals surface area contributed by atoms with E-state index in [4.69, 9.17) is 10.8 Å². The molecule has 0 radical (unpaired) electrons. The van der Waals surface area contributed by atoms with Crippen LogP contribution in [0.3, 0.4) is 0 Å². The topological polar surface area (TPSA) is 86.9 Å². The summed E-state index contributed by atoms with van der Waals surface area (Å²) in [5.74, 6) is -0.738. The van der Waals surface area contributed by atoms with Crippen molar-refractivity contribution in [3.05, 3.63) is 23.8 Å². The summed E-state index contributed by atoms with van der Waals surface area (Å²) in [7, 11) is 0. The van der Waals surface area contributed by atoms with Gasteiger partial charge in [0.25, 0.3) is 0 Å². The summed E-state index contributed by atoms with van der Waals surface area (Å²) < 4.78 is 0. The summed E-state index contributed by atoms with van der Waals surface area (Å²) >= 11 is 0. The number of rotatable bonds is 2. The van der Waals surface area contributed by atoms with Crippen molar-refractivity contribution in [1.82, 2.24) is 4.90 Å². The van der Waals surface area contributed by atoms with Crippen molar-refractivity contribution in [2.24, 2.45) is 0 Å². The molecule has 0 aliphatic carbocycles. The molecule has 2 aliphatic rings. The monoisotopic (exact) mass is 275 g/mol. The number of benzene rings is 1. The third kappa shape index (κ3) is 2.07. The Bertz CT molecular complexity index is 573. The zero-order valence-electron chi connectivity index (χ0n) is 11.1. The van der Waals surface area contributed by atoms with Crippen LogP contribution in [0.2, 0.25) is 0 Å². The first-order valence-electron chi connectivity index (χ1n) is 6.73. The summed E-state index contributed by atoms with van der Waals surface area (Å²) in [6.07, 6.45) is 1.52. The molecule has 6 heteroatoms. The number of hydrogen-bond acceptors (Lipinski definition) is 4. The molecule has 20 heavy (non-hydrogen) atoms. The van der Waals surface area contributed by atoms with Gasteiger partial charge in [-0.05, 0) is 24.6 Å². The van der Waals surface area contributed by atoms with Crippen LogP contribution in [-0.4, -0.2) is 47.6 Å². The average molecular weight is 275 g/mol. The molecule has 0 saturated carbocycles. The van der Waals surface area contributed by atoms with Gasteiger partial charge in [0.05, 0.1) is 16.9 Å². The van der Waals surface area contributed by atoms with Gasteiger partial charge in [-0.15, -0.1) is 0 Å². The lowest BCUT2D eigenvalue weighted by Gasteiger charge is -2.39. The molecule has 1 amide bonds. The number of amides is 1. The molecule has 0 aromatic heterocycles. The van der Waals surface area contributed by atoms with E-state index < -0.39 is 5.97 Å². The molecule has 2 heterocycles. The molecule has 3 rings (SSSR count). The quantitative estimate of drug-likeness (QED) is 0.779. The molecule has 1 aromatic rings. The molecule has 0 bridgehead atoms. The van der Waals surface area contributed by atoms with Crippen molar-refractivity contribution in [1.29, 1.82) is 0 Å². The van der Waals surface area contributed by atoms with Crippen LogP contribution in [0.15, 0.2) is 18.2 Å². The Hall–Kier alpha value is -2.24. The molecule has 2 saturated heterocycles. The van der Waals surface area contributed by atoms with E-state index in [1.54, 1.807) is 12.1 Å². The smallest absolute Gasteiger partial charge is 0.335 e. The third-order valence-electron chi connectivity index (χ3n) is 4.11. The van der Waals surface area contributed by atoms with Gasteiger partial charge in [0, 0.05) is 32.1 Å². The van der Waals surface area contributed by atoms with Crippen molar-refractivity contribution in [2.75, 3.05) is 30.3 Å². The van der Waals surface area contributed by atoms with Crippen molar-refractivity contribution < 1.29 is 14.7 Å². The van der Waals surface area contributed by atoms with Crippen molar-refractivity contribution in [2.45, 2.75) is 18.9 Å². The van der Waals surface area contributed by atoms with Crippen molar-refractivity contribution >= 4 is 23.3 Å². The second-order valence-electron chi connectivity index (χ2n) is 5.30. The van der Waals surface area contributed by atoms with Crippen LogP contribution < -0.4 is 10.6 Å². The van der Waals surface area contributed by atoms with Crippen LogP contribution in [0.4, 0.5) is 11.4 Å². The standard InChI is InChI=1S/C14H17N3O3/c15-11-7-9(14(19)20)1-3-12(11)16-5-6-17-10(8-16)2-4-13(17)18/h1,3,7,10H,2,4-6,8,15H2,(H,19,20). The highest BCUT2D eigenvalue weighted by Gasteiger charge is 2.35. The van der Waals surface area contributed by atoms with Gasteiger partial charge in [-0.1, -0.05) is 0 Å². The Morgan fingerprint density at radius 2 is 2.15 bits per heavy atom. The number of anilines is 2. The molecule has 1 atom stereocenters. The Balaban J connectivity index is 1.80. The molecule has 106 valence electrons. The fourth-order valence-corrected chi connectivity index (χ4v) is 3.06. The molecule has 0 spiro atoms. The minimum Gasteiger partial charge on any atom is -0.478 e. The summed E-state index contributed by atoms with van der Waals surface area (Å²) in [4.78, 5) is 26.7. The van der Waals surface area contributed by atoms with Crippen LogP contribution >= 0.6 is 0 Å². The van der Waals surface area contributed by atoms with E-state index in [9.17, 15) is 9.59 Å². The molecular formula is C14H17N3O3. The van der Waals surface area contributed by atoms with E-state index in [0.29, 0.717) is 18.7 Å². The van der Waals surface area contributed by atoms with Crippen LogP contribution in [0, 0.1) is 0 Å². The summed E-state index contributed by atoms with van der Waals surface area (Å²) in [5, 5.41) is 8.95. The number of carboxylic acids is 1. The number of carboxylic acid groups (broad SMARTS) is 1. The van der Waals surface area contributed by atoms with Crippen LogP contribution in [0.5, 0.6) is 0 Å². The number of piperazine rings is 1. The number of carbonyl (C=O) groups is 2. The van der Waals surface area contributed by atoms with E-state index in [1.807, 2.05) is 4.90 Å². The van der Waals surface area contributed by atoms with Gasteiger partial charge < -0.3 is 20.6 Å². The maximum absolute atomic E-state index is 11.7. The number of nitrogens with two attached hydrogens (primary N) is 1. The van der Waals surface area contributed by atoms with E-state index in [-0.39, 0.29) is 17.5 Å². The lowest BCUT2D eigenvalue weighted by atomic mass is 10.1. The SMILES string of the molecule is Nc1cc(C(=O)O)ccc1N1CCN2C(=O)CCC2C1. The number of carbonyl (C=O) groups excluding carboxylic acids is 1. The largest absolute Gasteiger partial charge is 0.478 e. The second kappa shape index (κ2) is 4.70. The highest BCUT2D eigenvalue weighted by molar-refractivity contribution is 5.90. The number of fused-ring (bicyclic) bond motifs is 1. The average Bonchev–Trinajstić information content (AvgIpc) is 2.79. The number of aromatic carboxylic acids is 1. The Morgan fingerprint density at radius 3 is 2.85 bits per heavy atom. The highest BCUT2D eigenvalue weighted by Crippen LogP contribution is 2.30. The predicted molar refractivity (Wildman–Crippen MR) is 74.8 cm³/mol. The predicted octanol–water partition coefficient (Wildman–Crippen LogP) is 0.778. The second-order valence-corrected chi connectivity index (χ2v) is 5.30. The Morgan fingerprint density at radius 1 is 1.35 bits per heavy atom. The summed E-state index contributed by atoms with van der Waals surface area (Å²) in [6.45, 7) is 2.21. The molecular weight excluding hydrogens is 258 g/mol. The third-order valence-corrected chi connectivity index (χ3v) is 4.11. The summed E-state index contributed by atoms with van der Waals surface area (Å²) in [5.41, 5.74) is 7.49. The summed E-state index contributed by atoms with van der Waals surface area (Å²) in [6, 6.07) is 5.07. The van der Waals surface area contributed by atoms with E-state index in [1.165, 1.54) is 6.07 Å². The normalized spacial score (nSPS) is 22.0. The van der Waals surface area contributed by atoms with Gasteiger partial charge in [0.2, 0.25) is 5.91 Å². The van der Waals surface area contributed by atoms with Gasteiger partial charge in [-0.2, -0.15) is 0 Å². The first-order valence-corrected chi connectivity index (χ1v) is 6.73.